The number of rotatable bonds is 7. The lowest BCUT2D eigenvalue weighted by Gasteiger charge is -2.13. The maximum atomic E-state index is 12.5. The van der Waals surface area contributed by atoms with Crippen molar-refractivity contribution in [3.63, 3.8) is 0 Å². The van der Waals surface area contributed by atoms with Crippen LogP contribution in [-0.4, -0.2) is 34.9 Å². The van der Waals surface area contributed by atoms with Gasteiger partial charge < -0.3 is 20.4 Å². The molecule has 0 aliphatic rings. The largest absolute Gasteiger partial charge is 0.497 e. The molecule has 0 radical (unpaired) electrons. The summed E-state index contributed by atoms with van der Waals surface area (Å²) in [6, 6.07) is 14.8. The predicted molar refractivity (Wildman–Crippen MR) is 123 cm³/mol. The van der Waals surface area contributed by atoms with Crippen molar-refractivity contribution in [2.45, 2.75) is 19.9 Å². The van der Waals surface area contributed by atoms with Gasteiger partial charge >= 0.3 is 0 Å². The number of ether oxygens (including phenoxy) is 1. The van der Waals surface area contributed by atoms with Crippen LogP contribution >= 0.6 is 0 Å². The molecule has 2 amide bonds. The smallest absolute Gasteiger partial charge is 0.251 e. The molecule has 0 bridgehead atoms. The second kappa shape index (κ2) is 10.2. The van der Waals surface area contributed by atoms with E-state index in [1.54, 1.807) is 63.4 Å². The predicted octanol–water partition coefficient (Wildman–Crippen LogP) is 2.91. The molecule has 0 aliphatic heterocycles. The first-order valence-electron chi connectivity index (χ1n) is 9.96. The monoisotopic (exact) mass is 432 g/mol. The highest BCUT2D eigenvalue weighted by atomic mass is 16.5. The summed E-state index contributed by atoms with van der Waals surface area (Å²) in [5.41, 5.74) is 2.35. The number of carbonyl (C=O) groups is 2. The van der Waals surface area contributed by atoms with Gasteiger partial charge in [-0.2, -0.15) is 0 Å². The van der Waals surface area contributed by atoms with Gasteiger partial charge in [-0.3, -0.25) is 14.4 Å². The third-order valence-corrected chi connectivity index (χ3v) is 4.57. The Morgan fingerprint density at radius 1 is 1.12 bits per heavy atom. The normalized spacial score (nSPS) is 11.7. The van der Waals surface area contributed by atoms with Crippen molar-refractivity contribution in [1.29, 1.82) is 0 Å². The summed E-state index contributed by atoms with van der Waals surface area (Å²) in [6.45, 7) is 3.33. The number of hydrogen-bond donors (Lipinski definition) is 3. The van der Waals surface area contributed by atoms with Crippen molar-refractivity contribution < 1.29 is 14.3 Å². The summed E-state index contributed by atoms with van der Waals surface area (Å²) in [4.78, 5) is 43.4. The van der Waals surface area contributed by atoms with E-state index in [0.29, 0.717) is 22.8 Å². The van der Waals surface area contributed by atoms with Crippen molar-refractivity contribution in [3.05, 3.63) is 82.3 Å². The topological polar surface area (TPSA) is 113 Å². The molecule has 3 rings (SSSR count). The van der Waals surface area contributed by atoms with Gasteiger partial charge in [-0.1, -0.05) is 24.3 Å². The fourth-order valence-electron chi connectivity index (χ4n) is 2.92. The molecule has 8 nitrogen and oxygen atoms in total. The van der Waals surface area contributed by atoms with Gasteiger partial charge in [0.2, 0.25) is 11.8 Å². The van der Waals surface area contributed by atoms with Crippen LogP contribution in [0.3, 0.4) is 0 Å². The standard InChI is InChI=1S/C24H24N4O4/c1-15-13-22(30)28-23(25-15)18-5-4-6-19(14-18)27-24(31)16(2)26-21(29)12-9-17-7-10-20(32-3)11-8-17/h4-14,16H,1-3H3,(H,26,29)(H,27,31)(H,25,28,30)/b12-9+. The van der Waals surface area contributed by atoms with E-state index in [2.05, 4.69) is 20.6 Å². The molecule has 0 spiro atoms. The fourth-order valence-corrected chi connectivity index (χ4v) is 2.92. The zero-order valence-corrected chi connectivity index (χ0v) is 18.0. The van der Waals surface area contributed by atoms with Gasteiger partial charge in [-0.05, 0) is 49.8 Å². The number of nitrogens with one attached hydrogen (secondary N) is 3. The zero-order chi connectivity index (χ0) is 23.1. The van der Waals surface area contributed by atoms with Gasteiger partial charge in [-0.25, -0.2) is 4.98 Å². The molecule has 164 valence electrons. The van der Waals surface area contributed by atoms with Crippen molar-refractivity contribution >= 4 is 23.6 Å². The summed E-state index contributed by atoms with van der Waals surface area (Å²) < 4.78 is 5.10. The molecule has 1 atom stereocenters. The van der Waals surface area contributed by atoms with E-state index in [0.717, 1.165) is 11.3 Å². The molecule has 3 aromatic rings. The van der Waals surface area contributed by atoms with E-state index >= 15 is 0 Å². The van der Waals surface area contributed by atoms with Crippen LogP contribution in [0.1, 0.15) is 18.2 Å². The second-order valence-corrected chi connectivity index (χ2v) is 7.14. The summed E-state index contributed by atoms with van der Waals surface area (Å²) in [5.74, 6) is 0.374. The quantitative estimate of drug-likeness (QED) is 0.497. The summed E-state index contributed by atoms with van der Waals surface area (Å²) in [7, 11) is 1.58. The molecule has 0 aliphatic carbocycles. The van der Waals surface area contributed by atoms with E-state index in [-0.39, 0.29) is 11.5 Å². The van der Waals surface area contributed by atoms with Crippen molar-refractivity contribution in [2.24, 2.45) is 0 Å². The van der Waals surface area contributed by atoms with Gasteiger partial charge in [0, 0.05) is 29.1 Å². The number of methoxy groups -OCH3 is 1. The Morgan fingerprint density at radius 2 is 1.88 bits per heavy atom. The third kappa shape index (κ3) is 6.15. The number of aryl methyl sites for hydroxylation is 1. The van der Waals surface area contributed by atoms with Crippen LogP contribution in [0.5, 0.6) is 5.75 Å². The molecule has 3 N–H and O–H groups in total. The minimum absolute atomic E-state index is 0.249. The maximum Gasteiger partial charge on any atom is 0.251 e. The average molecular weight is 432 g/mol. The molecule has 1 unspecified atom stereocenters. The van der Waals surface area contributed by atoms with Crippen LogP contribution in [0.15, 0.2) is 65.5 Å². The Morgan fingerprint density at radius 3 is 2.56 bits per heavy atom. The van der Waals surface area contributed by atoms with Gasteiger partial charge in [0.1, 0.15) is 17.6 Å². The molecule has 0 saturated heterocycles. The Hall–Kier alpha value is -4.20. The van der Waals surface area contributed by atoms with Crippen LogP contribution in [0.4, 0.5) is 5.69 Å². The molecule has 32 heavy (non-hydrogen) atoms. The van der Waals surface area contributed by atoms with Crippen LogP contribution in [0.25, 0.3) is 17.5 Å². The SMILES string of the molecule is COc1ccc(/C=C/C(=O)NC(C)C(=O)Nc2cccc(-c3nc(C)cc(=O)[nH]3)c2)cc1. The molecule has 2 aromatic carbocycles. The molecule has 0 saturated carbocycles. The summed E-state index contributed by atoms with van der Waals surface area (Å²) in [6.07, 6.45) is 3.02. The highest BCUT2D eigenvalue weighted by Crippen LogP contribution is 2.19. The van der Waals surface area contributed by atoms with Gasteiger partial charge in [-0.15, -0.1) is 0 Å². The van der Waals surface area contributed by atoms with Crippen LogP contribution in [0.2, 0.25) is 0 Å². The Bertz CT molecular complexity index is 1200. The summed E-state index contributed by atoms with van der Waals surface area (Å²) in [5, 5.41) is 5.39. The Labute approximate surface area is 185 Å². The fraction of sp³-hybridized carbons (Fsp3) is 0.167. The number of hydrogen-bond acceptors (Lipinski definition) is 5. The number of aromatic nitrogens is 2. The van der Waals surface area contributed by atoms with Crippen molar-refractivity contribution in [3.8, 4) is 17.1 Å². The van der Waals surface area contributed by atoms with Crippen molar-refractivity contribution in [2.75, 3.05) is 12.4 Å². The highest BCUT2D eigenvalue weighted by Gasteiger charge is 2.15. The first-order chi connectivity index (χ1) is 15.3. The van der Waals surface area contributed by atoms with E-state index in [1.165, 1.54) is 12.1 Å². The third-order valence-electron chi connectivity index (χ3n) is 4.57. The van der Waals surface area contributed by atoms with Gasteiger partial charge in [0.15, 0.2) is 0 Å². The number of H-pyrrole nitrogens is 1. The molecule has 1 aromatic heterocycles. The number of anilines is 1. The van der Waals surface area contributed by atoms with Crippen LogP contribution in [0, 0.1) is 6.92 Å². The maximum absolute atomic E-state index is 12.5. The highest BCUT2D eigenvalue weighted by molar-refractivity contribution is 6.00. The number of amides is 2. The minimum atomic E-state index is -0.761. The number of aromatic amines is 1. The lowest BCUT2D eigenvalue weighted by molar-refractivity contribution is -0.123. The Kier molecular flexibility index (Phi) is 7.17. The Balaban J connectivity index is 1.60. The first kappa shape index (κ1) is 22.5. The molecule has 8 heteroatoms. The van der Waals surface area contributed by atoms with Gasteiger partial charge in [0.05, 0.1) is 7.11 Å². The molecule has 0 fully saturated rings. The molecular formula is C24H24N4O4. The van der Waals surface area contributed by atoms with Crippen molar-refractivity contribution in [1.82, 2.24) is 15.3 Å². The lowest BCUT2D eigenvalue weighted by Crippen LogP contribution is -2.40. The van der Waals surface area contributed by atoms with Crippen LogP contribution in [-0.2, 0) is 9.59 Å². The van der Waals surface area contributed by atoms with E-state index in [1.807, 2.05) is 12.1 Å². The summed E-state index contributed by atoms with van der Waals surface area (Å²) >= 11 is 0. The zero-order valence-electron chi connectivity index (χ0n) is 18.0. The number of nitrogens with zero attached hydrogens (tertiary/aromatic N) is 1. The van der Waals surface area contributed by atoms with E-state index in [9.17, 15) is 14.4 Å². The minimum Gasteiger partial charge on any atom is -0.497 e. The number of carbonyl (C=O) groups excluding carboxylic acids is 2. The van der Waals surface area contributed by atoms with E-state index < -0.39 is 11.9 Å². The lowest BCUT2D eigenvalue weighted by atomic mass is 10.1. The van der Waals surface area contributed by atoms with Crippen LogP contribution < -0.4 is 20.9 Å². The number of benzene rings is 2. The molecule has 1 heterocycles. The molecular weight excluding hydrogens is 408 g/mol. The van der Waals surface area contributed by atoms with Gasteiger partial charge in [0.25, 0.3) is 5.56 Å². The van der Waals surface area contributed by atoms with E-state index in [4.69, 9.17) is 4.74 Å². The first-order valence-corrected chi connectivity index (χ1v) is 9.96. The second-order valence-electron chi connectivity index (χ2n) is 7.14. The average Bonchev–Trinajstić information content (AvgIpc) is 2.77.